The second-order valence-corrected chi connectivity index (χ2v) is 11.0. The molecule has 2 aromatic rings. The summed E-state index contributed by atoms with van der Waals surface area (Å²) in [6.07, 6.45) is 0.520. The van der Waals surface area contributed by atoms with Gasteiger partial charge in [-0.15, -0.1) is 0 Å². The molecule has 2 aromatic carbocycles. The molecule has 1 amide bonds. The highest BCUT2D eigenvalue weighted by molar-refractivity contribution is 6.04. The van der Waals surface area contributed by atoms with Crippen LogP contribution >= 0.6 is 0 Å². The number of benzene rings is 2. The number of likely N-dealkylation sites (tertiary alicyclic amines) is 1. The maximum absolute atomic E-state index is 13.4. The van der Waals surface area contributed by atoms with Gasteiger partial charge >= 0.3 is 6.09 Å². The lowest BCUT2D eigenvalue weighted by Gasteiger charge is -2.25. The van der Waals surface area contributed by atoms with Crippen LogP contribution in [0.15, 0.2) is 42.5 Å². The summed E-state index contributed by atoms with van der Waals surface area (Å²) in [6.45, 7) is 9.18. The predicted octanol–water partition coefficient (Wildman–Crippen LogP) is 5.49. The Balaban J connectivity index is 1.32. The topological polar surface area (TPSA) is 72.9 Å². The van der Waals surface area contributed by atoms with Gasteiger partial charge in [0.25, 0.3) is 0 Å². The molecule has 184 valence electrons. The van der Waals surface area contributed by atoms with Crippen molar-refractivity contribution in [1.29, 1.82) is 0 Å². The molecule has 0 radical (unpaired) electrons. The summed E-state index contributed by atoms with van der Waals surface area (Å²) >= 11 is 0. The van der Waals surface area contributed by atoms with E-state index in [-0.39, 0.29) is 29.5 Å². The number of hydrogen-bond acceptors (Lipinski definition) is 5. The third-order valence-corrected chi connectivity index (χ3v) is 7.48. The van der Waals surface area contributed by atoms with Crippen molar-refractivity contribution in [3.05, 3.63) is 64.7 Å². The molecule has 1 aliphatic carbocycles. The average Bonchev–Trinajstić information content (AvgIpc) is 3.18. The highest BCUT2D eigenvalue weighted by atomic mass is 16.6. The van der Waals surface area contributed by atoms with Crippen LogP contribution in [0, 0.1) is 17.8 Å². The number of fused-ring (bicyclic) bond motifs is 2. The molecule has 3 aliphatic rings. The Bertz CT molecular complexity index is 1150. The van der Waals surface area contributed by atoms with Gasteiger partial charge < -0.3 is 14.4 Å². The Morgan fingerprint density at radius 2 is 1.71 bits per heavy atom. The fourth-order valence-electron chi connectivity index (χ4n) is 5.61. The van der Waals surface area contributed by atoms with E-state index in [9.17, 15) is 14.4 Å². The number of carbonyl (C=O) groups is 3. The second-order valence-electron chi connectivity index (χ2n) is 11.0. The molecule has 6 nitrogen and oxygen atoms in total. The van der Waals surface area contributed by atoms with Gasteiger partial charge in [-0.05, 0) is 56.2 Å². The van der Waals surface area contributed by atoms with Crippen molar-refractivity contribution in [2.45, 2.75) is 52.1 Å². The monoisotopic (exact) mass is 475 g/mol. The minimum atomic E-state index is -0.512. The van der Waals surface area contributed by atoms with Gasteiger partial charge in [0.2, 0.25) is 0 Å². The fraction of sp³-hybridized carbons (Fsp3) is 0.483. The Morgan fingerprint density at radius 3 is 2.34 bits per heavy atom. The van der Waals surface area contributed by atoms with E-state index in [1.54, 1.807) is 11.0 Å². The Kier molecular flexibility index (Phi) is 5.94. The van der Waals surface area contributed by atoms with Crippen LogP contribution in [0.25, 0.3) is 0 Å². The summed E-state index contributed by atoms with van der Waals surface area (Å²) in [7, 11) is 0. The first-order valence-electron chi connectivity index (χ1n) is 12.6. The van der Waals surface area contributed by atoms with E-state index in [1.165, 1.54) is 0 Å². The maximum atomic E-state index is 13.4. The SMILES string of the molecule is CCC(=O)c1cc(C(=O)CC2[C@H]3CN(C(=O)OC(C)(C)C)C[C@@H]23)cc2c1OC[C@H]2c1ccccc1. The first-order valence-corrected chi connectivity index (χ1v) is 12.6. The number of nitrogens with zero attached hydrogens (tertiary/aromatic N) is 1. The quantitative estimate of drug-likeness (QED) is 0.517. The highest BCUT2D eigenvalue weighted by Crippen LogP contribution is 2.54. The van der Waals surface area contributed by atoms with Gasteiger partial charge in [-0.3, -0.25) is 9.59 Å². The zero-order valence-electron chi connectivity index (χ0n) is 20.9. The highest BCUT2D eigenvalue weighted by Gasteiger charge is 2.57. The van der Waals surface area contributed by atoms with Crippen molar-refractivity contribution in [1.82, 2.24) is 4.90 Å². The van der Waals surface area contributed by atoms with Crippen molar-refractivity contribution in [2.75, 3.05) is 19.7 Å². The van der Waals surface area contributed by atoms with Crippen molar-refractivity contribution in [2.24, 2.45) is 17.8 Å². The lowest BCUT2D eigenvalue weighted by Crippen LogP contribution is -2.37. The van der Waals surface area contributed by atoms with E-state index in [0.717, 1.165) is 11.1 Å². The molecule has 2 heterocycles. The molecule has 0 bridgehead atoms. The normalized spacial score (nSPS) is 24.4. The molecule has 4 atom stereocenters. The molecule has 1 unspecified atom stereocenters. The summed E-state index contributed by atoms with van der Waals surface area (Å²) in [5, 5.41) is 0. The summed E-state index contributed by atoms with van der Waals surface area (Å²) in [5.41, 5.74) is 2.62. The number of Topliss-reactive ketones (excluding diaryl/α,β-unsaturated/α-hetero) is 2. The second kappa shape index (κ2) is 8.81. The van der Waals surface area contributed by atoms with Crippen molar-refractivity contribution >= 4 is 17.7 Å². The van der Waals surface area contributed by atoms with Gasteiger partial charge in [-0.25, -0.2) is 4.79 Å². The van der Waals surface area contributed by atoms with E-state index in [1.807, 2.05) is 52.0 Å². The van der Waals surface area contributed by atoms with Gasteiger partial charge in [-0.2, -0.15) is 0 Å². The third-order valence-electron chi connectivity index (χ3n) is 7.48. The Labute approximate surface area is 206 Å². The third kappa shape index (κ3) is 4.58. The maximum Gasteiger partial charge on any atom is 0.410 e. The molecule has 6 heteroatoms. The molecule has 35 heavy (non-hydrogen) atoms. The van der Waals surface area contributed by atoms with E-state index in [0.29, 0.717) is 61.3 Å². The van der Waals surface area contributed by atoms with Gasteiger partial charge in [-0.1, -0.05) is 37.3 Å². The van der Waals surface area contributed by atoms with E-state index in [4.69, 9.17) is 9.47 Å². The number of amides is 1. The standard InChI is InChI=1S/C29H33NO5/c1-5-25(31)21-12-18(11-20-24(16-34-27(20)21)17-9-7-6-8-10-17)26(32)13-19-22-14-30(15-23(19)22)28(33)35-29(2,3)4/h6-12,19,22-24H,5,13-16H2,1-4H3/t19?,22-,23+,24-/m0/s1. The summed E-state index contributed by atoms with van der Waals surface area (Å²) in [5.74, 6) is 1.64. The van der Waals surface area contributed by atoms with Gasteiger partial charge in [0.15, 0.2) is 11.6 Å². The number of ether oxygens (including phenoxy) is 2. The van der Waals surface area contributed by atoms with Gasteiger partial charge in [0.05, 0.1) is 12.2 Å². The zero-order valence-corrected chi connectivity index (χ0v) is 20.9. The number of ketones is 2. The van der Waals surface area contributed by atoms with Crippen LogP contribution in [-0.2, 0) is 4.74 Å². The van der Waals surface area contributed by atoms with Crippen LogP contribution in [0.1, 0.15) is 78.3 Å². The van der Waals surface area contributed by atoms with Crippen molar-refractivity contribution < 1.29 is 23.9 Å². The lowest BCUT2D eigenvalue weighted by atomic mass is 9.88. The zero-order chi connectivity index (χ0) is 24.9. The largest absolute Gasteiger partial charge is 0.492 e. The summed E-state index contributed by atoms with van der Waals surface area (Å²) in [4.78, 5) is 40.2. The van der Waals surface area contributed by atoms with E-state index >= 15 is 0 Å². The van der Waals surface area contributed by atoms with Crippen molar-refractivity contribution in [3.63, 3.8) is 0 Å². The van der Waals surface area contributed by atoms with Crippen molar-refractivity contribution in [3.8, 4) is 5.75 Å². The van der Waals surface area contributed by atoms with Gasteiger partial charge in [0, 0.05) is 43.0 Å². The van der Waals surface area contributed by atoms with Crippen LogP contribution in [-0.4, -0.2) is 47.9 Å². The minimum absolute atomic E-state index is 0.00467. The molecule has 1 saturated heterocycles. The molecule has 0 aromatic heterocycles. The first kappa shape index (κ1) is 23.6. The average molecular weight is 476 g/mol. The molecular weight excluding hydrogens is 442 g/mol. The molecule has 0 N–H and O–H groups in total. The molecule has 5 rings (SSSR count). The lowest BCUT2D eigenvalue weighted by molar-refractivity contribution is 0.0265. The minimum Gasteiger partial charge on any atom is -0.492 e. The molecule has 2 fully saturated rings. The molecule has 1 saturated carbocycles. The van der Waals surface area contributed by atoms with E-state index < -0.39 is 5.60 Å². The number of rotatable bonds is 6. The number of carbonyl (C=O) groups excluding carboxylic acids is 3. The van der Waals surface area contributed by atoms with E-state index in [2.05, 4.69) is 12.1 Å². The summed E-state index contributed by atoms with van der Waals surface area (Å²) < 4.78 is 11.5. The molecule has 0 spiro atoms. The van der Waals surface area contributed by atoms with Crippen LogP contribution in [0.2, 0.25) is 0 Å². The van der Waals surface area contributed by atoms with Crippen LogP contribution < -0.4 is 4.74 Å². The predicted molar refractivity (Wildman–Crippen MR) is 132 cm³/mol. The number of hydrogen-bond donors (Lipinski definition) is 0. The van der Waals surface area contributed by atoms with Crippen LogP contribution in [0.4, 0.5) is 4.79 Å². The van der Waals surface area contributed by atoms with Crippen LogP contribution in [0.5, 0.6) is 5.75 Å². The fourth-order valence-corrected chi connectivity index (χ4v) is 5.61. The first-order chi connectivity index (χ1) is 16.7. The Morgan fingerprint density at radius 1 is 1.03 bits per heavy atom. The molecule has 2 aliphatic heterocycles. The summed E-state index contributed by atoms with van der Waals surface area (Å²) in [6, 6.07) is 13.7. The smallest absolute Gasteiger partial charge is 0.410 e. The van der Waals surface area contributed by atoms with Gasteiger partial charge in [0.1, 0.15) is 11.4 Å². The number of piperidine rings is 1. The molecular formula is C29H33NO5. The van der Waals surface area contributed by atoms with Crippen LogP contribution in [0.3, 0.4) is 0 Å². The Hall–Kier alpha value is -3.15.